The lowest BCUT2D eigenvalue weighted by Gasteiger charge is -2.33. The molecular formula is C17H25N5. The van der Waals surface area contributed by atoms with Crippen molar-refractivity contribution in [1.29, 1.82) is 0 Å². The molecule has 0 atom stereocenters. The topological polar surface area (TPSA) is 46.0 Å². The molecule has 5 heteroatoms. The van der Waals surface area contributed by atoms with Crippen molar-refractivity contribution in [3.63, 3.8) is 0 Å². The fourth-order valence-electron chi connectivity index (χ4n) is 2.99. The molecule has 0 aliphatic carbocycles. The van der Waals surface area contributed by atoms with E-state index in [1.165, 1.54) is 5.69 Å². The highest BCUT2D eigenvalue weighted by Gasteiger charge is 2.20. The van der Waals surface area contributed by atoms with Crippen molar-refractivity contribution in [3.8, 4) is 0 Å². The van der Waals surface area contributed by atoms with Crippen molar-refractivity contribution < 1.29 is 0 Å². The highest BCUT2D eigenvalue weighted by Crippen LogP contribution is 2.18. The van der Waals surface area contributed by atoms with E-state index in [-0.39, 0.29) is 0 Å². The van der Waals surface area contributed by atoms with Crippen molar-refractivity contribution in [3.05, 3.63) is 42.1 Å². The Bertz CT molecular complexity index is 599. The molecule has 1 aliphatic rings. The molecule has 1 N–H and O–H groups in total. The van der Waals surface area contributed by atoms with E-state index < -0.39 is 0 Å². The lowest BCUT2D eigenvalue weighted by Crippen LogP contribution is -2.42. The summed E-state index contributed by atoms with van der Waals surface area (Å²) in [4.78, 5) is 11.1. The second-order valence-electron chi connectivity index (χ2n) is 5.97. The molecule has 0 bridgehead atoms. The van der Waals surface area contributed by atoms with Gasteiger partial charge in [0.2, 0.25) is 0 Å². The molecule has 0 unspecified atom stereocenters. The second-order valence-corrected chi connectivity index (χ2v) is 5.97. The first-order valence-corrected chi connectivity index (χ1v) is 8.15. The Morgan fingerprint density at radius 1 is 1.27 bits per heavy atom. The molecule has 5 nitrogen and oxygen atoms in total. The zero-order valence-electron chi connectivity index (χ0n) is 13.5. The summed E-state index contributed by atoms with van der Waals surface area (Å²) in [5.74, 6) is 1.08. The van der Waals surface area contributed by atoms with Gasteiger partial charge in [-0.25, -0.2) is 9.97 Å². The minimum Gasteiger partial charge on any atom is -0.356 e. The Kier molecular flexibility index (Phi) is 4.73. The van der Waals surface area contributed by atoms with Crippen molar-refractivity contribution in [2.24, 2.45) is 7.05 Å². The van der Waals surface area contributed by atoms with E-state index in [2.05, 4.69) is 63.1 Å². The van der Waals surface area contributed by atoms with Gasteiger partial charge < -0.3 is 14.8 Å². The molecular weight excluding hydrogens is 274 g/mol. The minimum absolute atomic E-state index is 0.596. The number of piperidine rings is 1. The standard InChI is InChI=1S/C17H25N5/c1-3-14-11-17(20-13-19-14)22-9-6-15(7-10-22)18-12-16-5-4-8-21(16)2/h4-5,8,11,13,15,18H,3,6-7,9-10,12H2,1-2H3. The summed E-state index contributed by atoms with van der Waals surface area (Å²) >= 11 is 0. The number of nitrogens with one attached hydrogen (secondary N) is 1. The van der Waals surface area contributed by atoms with Crippen LogP contribution >= 0.6 is 0 Å². The van der Waals surface area contributed by atoms with Gasteiger partial charge in [-0.1, -0.05) is 6.92 Å². The van der Waals surface area contributed by atoms with Crippen molar-refractivity contribution in [2.75, 3.05) is 18.0 Å². The van der Waals surface area contributed by atoms with Crippen LogP contribution in [-0.4, -0.2) is 33.7 Å². The molecule has 0 saturated carbocycles. The van der Waals surface area contributed by atoms with Gasteiger partial charge in [0, 0.05) is 56.4 Å². The molecule has 22 heavy (non-hydrogen) atoms. The first-order chi connectivity index (χ1) is 10.8. The normalized spacial score (nSPS) is 16.2. The highest BCUT2D eigenvalue weighted by atomic mass is 15.2. The zero-order valence-corrected chi connectivity index (χ0v) is 13.5. The average molecular weight is 299 g/mol. The number of anilines is 1. The quantitative estimate of drug-likeness (QED) is 0.919. The molecule has 1 saturated heterocycles. The number of rotatable bonds is 5. The highest BCUT2D eigenvalue weighted by molar-refractivity contribution is 5.39. The van der Waals surface area contributed by atoms with Crippen LogP contribution in [0.1, 0.15) is 31.2 Å². The van der Waals surface area contributed by atoms with Crippen molar-refractivity contribution in [1.82, 2.24) is 19.9 Å². The van der Waals surface area contributed by atoms with Gasteiger partial charge in [0.15, 0.2) is 0 Å². The molecule has 3 heterocycles. The Labute approximate surface area is 132 Å². The van der Waals surface area contributed by atoms with Gasteiger partial charge in [0.05, 0.1) is 0 Å². The van der Waals surface area contributed by atoms with Gasteiger partial charge in [0.25, 0.3) is 0 Å². The summed E-state index contributed by atoms with van der Waals surface area (Å²) in [6.45, 7) is 5.20. The van der Waals surface area contributed by atoms with E-state index in [4.69, 9.17) is 0 Å². The van der Waals surface area contributed by atoms with Crippen LogP contribution in [-0.2, 0) is 20.0 Å². The number of hydrogen-bond donors (Lipinski definition) is 1. The molecule has 1 fully saturated rings. The second kappa shape index (κ2) is 6.92. The van der Waals surface area contributed by atoms with E-state index >= 15 is 0 Å². The predicted octanol–water partition coefficient (Wildman–Crippen LogP) is 2.14. The number of aryl methyl sites for hydroxylation is 2. The molecule has 3 rings (SSSR count). The van der Waals surface area contributed by atoms with Gasteiger partial charge in [-0.2, -0.15) is 0 Å². The maximum Gasteiger partial charge on any atom is 0.132 e. The van der Waals surface area contributed by atoms with Crippen molar-refractivity contribution in [2.45, 2.75) is 38.8 Å². The van der Waals surface area contributed by atoms with Crippen LogP contribution < -0.4 is 10.2 Å². The molecule has 1 aliphatic heterocycles. The summed E-state index contributed by atoms with van der Waals surface area (Å²) in [5, 5.41) is 3.68. The molecule has 2 aromatic rings. The molecule has 0 radical (unpaired) electrons. The smallest absolute Gasteiger partial charge is 0.132 e. The minimum atomic E-state index is 0.596. The van der Waals surface area contributed by atoms with Crippen molar-refractivity contribution >= 4 is 5.82 Å². The van der Waals surface area contributed by atoms with Crippen LogP contribution in [0.15, 0.2) is 30.7 Å². The SMILES string of the molecule is CCc1cc(N2CCC(NCc3cccn3C)CC2)ncn1. The monoisotopic (exact) mass is 299 g/mol. The Hall–Kier alpha value is -1.88. The summed E-state index contributed by atoms with van der Waals surface area (Å²) in [6.07, 6.45) is 7.07. The summed E-state index contributed by atoms with van der Waals surface area (Å²) in [6, 6.07) is 6.99. The van der Waals surface area contributed by atoms with E-state index in [9.17, 15) is 0 Å². The van der Waals surface area contributed by atoms with Gasteiger partial charge in [0.1, 0.15) is 12.1 Å². The fourth-order valence-corrected chi connectivity index (χ4v) is 2.99. The molecule has 118 valence electrons. The average Bonchev–Trinajstić information content (AvgIpc) is 2.98. The van der Waals surface area contributed by atoms with Crippen LogP contribution in [0.5, 0.6) is 0 Å². The largest absolute Gasteiger partial charge is 0.356 e. The third-order valence-electron chi connectivity index (χ3n) is 4.51. The summed E-state index contributed by atoms with van der Waals surface area (Å²) in [5.41, 5.74) is 2.46. The summed E-state index contributed by atoms with van der Waals surface area (Å²) in [7, 11) is 2.10. The van der Waals surface area contributed by atoms with Gasteiger partial charge in [-0.05, 0) is 31.4 Å². The fraction of sp³-hybridized carbons (Fsp3) is 0.529. The van der Waals surface area contributed by atoms with E-state index in [1.54, 1.807) is 6.33 Å². The third-order valence-corrected chi connectivity index (χ3v) is 4.51. The van der Waals surface area contributed by atoms with E-state index in [0.717, 1.165) is 50.4 Å². The Balaban J connectivity index is 1.50. The lowest BCUT2D eigenvalue weighted by atomic mass is 10.0. The van der Waals surface area contributed by atoms with Gasteiger partial charge >= 0.3 is 0 Å². The summed E-state index contributed by atoms with van der Waals surface area (Å²) < 4.78 is 2.18. The number of hydrogen-bond acceptors (Lipinski definition) is 4. The first-order valence-electron chi connectivity index (χ1n) is 8.15. The first kappa shape index (κ1) is 15.0. The van der Waals surface area contributed by atoms with E-state index in [0.29, 0.717) is 6.04 Å². The van der Waals surface area contributed by atoms with Crippen LogP contribution in [0.3, 0.4) is 0 Å². The molecule has 0 amide bonds. The van der Waals surface area contributed by atoms with Crippen LogP contribution in [0.25, 0.3) is 0 Å². The molecule has 2 aromatic heterocycles. The predicted molar refractivity (Wildman–Crippen MR) is 88.9 cm³/mol. The van der Waals surface area contributed by atoms with Gasteiger partial charge in [-0.15, -0.1) is 0 Å². The van der Waals surface area contributed by atoms with Crippen LogP contribution in [0.2, 0.25) is 0 Å². The zero-order chi connectivity index (χ0) is 15.4. The van der Waals surface area contributed by atoms with Crippen LogP contribution in [0.4, 0.5) is 5.82 Å². The maximum atomic E-state index is 4.43. The maximum absolute atomic E-state index is 4.43. The lowest BCUT2D eigenvalue weighted by molar-refractivity contribution is 0.408. The Morgan fingerprint density at radius 2 is 2.09 bits per heavy atom. The number of aromatic nitrogens is 3. The van der Waals surface area contributed by atoms with Gasteiger partial charge in [-0.3, -0.25) is 0 Å². The molecule has 0 spiro atoms. The Morgan fingerprint density at radius 3 is 2.77 bits per heavy atom. The van der Waals surface area contributed by atoms with E-state index in [1.807, 2.05) is 0 Å². The molecule has 0 aromatic carbocycles. The number of nitrogens with zero attached hydrogens (tertiary/aromatic N) is 4. The third kappa shape index (κ3) is 3.47. The van der Waals surface area contributed by atoms with Crippen LogP contribution in [0, 0.1) is 0 Å².